The number of fused-ring (bicyclic) bond motifs is 5. The van der Waals surface area contributed by atoms with Crippen molar-refractivity contribution in [2.24, 2.45) is 52.3 Å². The number of carbonyl (C=O) groups excluding carboxylic acids is 1. The first kappa shape index (κ1) is 34.4. The van der Waals surface area contributed by atoms with Gasteiger partial charge in [0.15, 0.2) is 16.6 Å². The molecule has 242 valence electrons. The highest BCUT2D eigenvalue weighted by Gasteiger charge is 2.65. The first-order valence-electron chi connectivity index (χ1n) is 17.4. The number of esters is 1. The van der Waals surface area contributed by atoms with Crippen molar-refractivity contribution in [1.29, 1.82) is 0 Å². The van der Waals surface area contributed by atoms with Crippen molar-refractivity contribution >= 4 is 22.6 Å². The lowest BCUT2D eigenvalue weighted by atomic mass is 9.41. The molecule has 4 aliphatic rings. The van der Waals surface area contributed by atoms with Crippen molar-refractivity contribution in [3.05, 3.63) is 12.2 Å². The fourth-order valence-electron chi connectivity index (χ4n) is 10.5. The maximum atomic E-state index is 11.9. The quantitative estimate of drug-likeness (QED) is 0.154. The highest BCUT2D eigenvalue weighted by atomic mass is 28.4. The van der Waals surface area contributed by atoms with E-state index in [0.717, 1.165) is 5.92 Å². The van der Waals surface area contributed by atoms with Gasteiger partial charge in [0.25, 0.3) is 0 Å². The van der Waals surface area contributed by atoms with Crippen LogP contribution in [0, 0.1) is 52.3 Å². The summed E-state index contributed by atoms with van der Waals surface area (Å²) in [7, 11) is -2.11. The molecule has 4 nitrogen and oxygen atoms in total. The second-order valence-corrected chi connectivity index (χ2v) is 27.1. The Labute approximate surface area is 261 Å². The molecule has 0 aromatic carbocycles. The molecule has 4 rings (SSSR count). The summed E-state index contributed by atoms with van der Waals surface area (Å²) < 4.78 is 19.5. The summed E-state index contributed by atoms with van der Waals surface area (Å²) in [6.45, 7) is 29.3. The lowest BCUT2D eigenvalue weighted by molar-refractivity contribution is -0.197. The van der Waals surface area contributed by atoms with Crippen molar-refractivity contribution in [2.75, 3.05) is 7.11 Å². The summed E-state index contributed by atoms with van der Waals surface area (Å²) in [6.07, 6.45) is 14.7. The third kappa shape index (κ3) is 6.31. The molecule has 0 radical (unpaired) electrons. The third-order valence-corrected chi connectivity index (χ3v) is 19.1. The molecular formula is C36H66O4Si2. The van der Waals surface area contributed by atoms with Crippen LogP contribution in [0.4, 0.5) is 0 Å². The zero-order valence-electron chi connectivity index (χ0n) is 29.6. The first-order valence-corrected chi connectivity index (χ1v) is 23.7. The number of allylic oxidation sites excluding steroid dienone is 1. The van der Waals surface area contributed by atoms with Crippen molar-refractivity contribution in [3.8, 4) is 0 Å². The Morgan fingerprint density at radius 3 is 2.12 bits per heavy atom. The van der Waals surface area contributed by atoms with Gasteiger partial charge in [0, 0.05) is 12.2 Å². The van der Waals surface area contributed by atoms with Crippen molar-refractivity contribution in [1.82, 2.24) is 0 Å². The van der Waals surface area contributed by atoms with E-state index in [0.29, 0.717) is 58.5 Å². The number of methoxy groups -OCH3 is 1. The van der Waals surface area contributed by atoms with Gasteiger partial charge in [0.05, 0.1) is 13.2 Å². The molecular weight excluding hydrogens is 553 g/mol. The molecule has 0 aromatic rings. The van der Waals surface area contributed by atoms with E-state index in [1.165, 1.54) is 58.5 Å². The van der Waals surface area contributed by atoms with E-state index in [-0.39, 0.29) is 11.0 Å². The van der Waals surface area contributed by atoms with Crippen LogP contribution in [0.15, 0.2) is 12.2 Å². The van der Waals surface area contributed by atoms with E-state index in [4.69, 9.17) is 13.6 Å². The molecule has 42 heavy (non-hydrogen) atoms. The second kappa shape index (κ2) is 12.1. The van der Waals surface area contributed by atoms with Crippen molar-refractivity contribution < 1.29 is 18.4 Å². The monoisotopic (exact) mass is 618 g/mol. The van der Waals surface area contributed by atoms with Gasteiger partial charge in [-0.05, 0) is 135 Å². The van der Waals surface area contributed by atoms with Crippen molar-refractivity contribution in [3.63, 3.8) is 0 Å². The fraction of sp³-hybridized carbons (Fsp3) is 0.917. The molecule has 6 heteroatoms. The standard InChI is InChI=1S/C36H66O4Si2/c1-14-26-30-23-25(39-42(12,13)34(3,4)5)19-21-36(30,7)29-20-22-35(6)27(24(2)15-18-31(37)38-8)16-17-28(35)32(29)33(26)40-41(9,10)11/h15,18,24-30,32-33H,14,16-17,19-23H2,1-13H3/b18-15+/t24-,25?,26-,27?,28+,29+,30?,32+,33?,35?,36?/m1/s1. The number of hydrogen-bond acceptors (Lipinski definition) is 4. The number of rotatable bonds is 8. The van der Waals surface area contributed by atoms with Crippen LogP contribution < -0.4 is 0 Å². The molecule has 0 spiro atoms. The van der Waals surface area contributed by atoms with Gasteiger partial charge in [-0.2, -0.15) is 0 Å². The zero-order chi connectivity index (χ0) is 31.5. The van der Waals surface area contributed by atoms with Gasteiger partial charge in [0.2, 0.25) is 0 Å². The predicted octanol–water partition coefficient (Wildman–Crippen LogP) is 9.87. The third-order valence-electron chi connectivity index (χ3n) is 13.5. The van der Waals surface area contributed by atoms with E-state index in [1.54, 1.807) is 6.08 Å². The fourth-order valence-corrected chi connectivity index (χ4v) is 13.1. The number of carbonyl (C=O) groups is 1. The van der Waals surface area contributed by atoms with Crippen LogP contribution in [0.1, 0.15) is 99.8 Å². The van der Waals surface area contributed by atoms with E-state index in [9.17, 15) is 4.79 Å². The summed E-state index contributed by atoms with van der Waals surface area (Å²) in [6, 6.07) is 0. The Balaban J connectivity index is 1.68. The Kier molecular flexibility index (Phi) is 9.89. The van der Waals surface area contributed by atoms with Crippen LogP contribution in [0.25, 0.3) is 0 Å². The molecule has 11 atom stereocenters. The summed E-state index contributed by atoms with van der Waals surface area (Å²) in [5, 5.41) is 0.245. The molecule has 0 bridgehead atoms. The maximum Gasteiger partial charge on any atom is 0.330 e. The summed E-state index contributed by atoms with van der Waals surface area (Å²) in [5.74, 6) is 4.10. The van der Waals surface area contributed by atoms with Crippen LogP contribution in [-0.2, 0) is 18.4 Å². The normalized spacial score (nSPS) is 41.6. The number of ether oxygens (including phenoxy) is 1. The Morgan fingerprint density at radius 1 is 0.929 bits per heavy atom. The van der Waals surface area contributed by atoms with Crippen LogP contribution in [0.5, 0.6) is 0 Å². The van der Waals surface area contributed by atoms with Crippen molar-refractivity contribution in [2.45, 2.75) is 150 Å². The lowest BCUT2D eigenvalue weighted by Crippen LogP contribution is -2.64. The van der Waals surface area contributed by atoms with Crippen LogP contribution >= 0.6 is 0 Å². The molecule has 0 heterocycles. The van der Waals surface area contributed by atoms with Crippen LogP contribution in [-0.4, -0.2) is 41.9 Å². The molecule has 6 unspecified atom stereocenters. The Morgan fingerprint density at radius 2 is 1.55 bits per heavy atom. The minimum Gasteiger partial charge on any atom is -0.466 e. The van der Waals surface area contributed by atoms with Gasteiger partial charge < -0.3 is 13.6 Å². The summed E-state index contributed by atoms with van der Waals surface area (Å²) in [4.78, 5) is 11.9. The van der Waals surface area contributed by atoms with Gasteiger partial charge in [0.1, 0.15) is 0 Å². The summed E-state index contributed by atoms with van der Waals surface area (Å²) in [5.41, 5.74) is 0.667. The van der Waals surface area contributed by atoms with Gasteiger partial charge in [-0.25, -0.2) is 4.79 Å². The highest BCUT2D eigenvalue weighted by molar-refractivity contribution is 6.74. The van der Waals surface area contributed by atoms with Gasteiger partial charge in [-0.3, -0.25) is 0 Å². The Bertz CT molecular complexity index is 995. The largest absolute Gasteiger partial charge is 0.466 e. The van der Waals surface area contributed by atoms with Crippen LogP contribution in [0.3, 0.4) is 0 Å². The maximum absolute atomic E-state index is 11.9. The van der Waals surface area contributed by atoms with Gasteiger partial charge >= 0.3 is 5.97 Å². The van der Waals surface area contributed by atoms with E-state index in [2.05, 4.69) is 87.3 Å². The van der Waals surface area contributed by atoms with Crippen LogP contribution in [0.2, 0.25) is 37.8 Å². The summed E-state index contributed by atoms with van der Waals surface area (Å²) >= 11 is 0. The van der Waals surface area contributed by atoms with Gasteiger partial charge in [-0.15, -0.1) is 0 Å². The molecule has 4 aliphatic carbocycles. The smallest absolute Gasteiger partial charge is 0.330 e. The molecule has 0 aliphatic heterocycles. The zero-order valence-corrected chi connectivity index (χ0v) is 31.6. The second-order valence-electron chi connectivity index (χ2n) is 17.9. The average Bonchev–Trinajstić information content (AvgIpc) is 3.23. The average molecular weight is 619 g/mol. The topological polar surface area (TPSA) is 44.8 Å². The highest BCUT2D eigenvalue weighted by Crippen LogP contribution is 2.70. The molecule has 0 aromatic heterocycles. The van der Waals surface area contributed by atoms with E-state index >= 15 is 0 Å². The molecule has 0 saturated heterocycles. The number of hydrogen-bond donors (Lipinski definition) is 0. The first-order chi connectivity index (χ1) is 19.3. The predicted molar refractivity (Wildman–Crippen MR) is 180 cm³/mol. The lowest BCUT2D eigenvalue weighted by Gasteiger charge is -2.66. The minimum absolute atomic E-state index is 0.237. The van der Waals surface area contributed by atoms with Gasteiger partial charge in [-0.1, -0.05) is 61.0 Å². The molecule has 4 saturated carbocycles. The SMILES string of the molecule is CC[C@H]1C(O[Si](C)(C)C)[C@@H]2[C@H](CCC3(C)C([C@H](C)/C=C/C(=O)OC)CC[C@@H]23)C2(C)CCC(O[Si](C)(C)C(C)(C)C)CC12. The molecule has 0 amide bonds. The Hall–Kier alpha value is -0.436. The molecule has 4 fully saturated rings. The van der Waals surface area contributed by atoms with E-state index in [1.807, 2.05) is 0 Å². The minimum atomic E-state index is -1.82. The van der Waals surface area contributed by atoms with E-state index < -0.39 is 16.6 Å². The molecule has 0 N–H and O–H groups in total.